The van der Waals surface area contributed by atoms with Gasteiger partial charge in [0.2, 0.25) is 0 Å². The highest BCUT2D eigenvalue weighted by Gasteiger charge is 2.21. The van der Waals surface area contributed by atoms with E-state index in [1.54, 1.807) is 37.3 Å². The Morgan fingerprint density at radius 3 is 2.16 bits per heavy atom. The number of phenolic OH excluding ortho intramolecular Hbond substituents is 2. The quantitative estimate of drug-likeness (QED) is 0.478. The van der Waals surface area contributed by atoms with Crippen molar-refractivity contribution in [2.75, 3.05) is 0 Å². The van der Waals surface area contributed by atoms with Crippen molar-refractivity contribution in [3.8, 4) is 11.5 Å². The minimum absolute atomic E-state index is 0.0749. The van der Waals surface area contributed by atoms with Crippen LogP contribution in [-0.4, -0.2) is 23.2 Å². The molecule has 0 aliphatic rings. The highest BCUT2D eigenvalue weighted by atomic mass is 32.2. The standard InChI is InChI=1S/C17H14N2O5S/c1-10-13(7-4-8-15(10)20)18-19-14-9-16(21)17(25(22,23)24)12-6-3-2-5-11(12)14/h2-9,20-21H,1H3,(H,22,23,24). The van der Waals surface area contributed by atoms with Gasteiger partial charge in [0.25, 0.3) is 10.1 Å². The largest absolute Gasteiger partial charge is 0.508 e. The van der Waals surface area contributed by atoms with Crippen LogP contribution in [0.15, 0.2) is 63.7 Å². The van der Waals surface area contributed by atoms with Gasteiger partial charge in [-0.1, -0.05) is 30.3 Å². The van der Waals surface area contributed by atoms with Crippen LogP contribution in [0.1, 0.15) is 5.56 Å². The zero-order valence-corrected chi connectivity index (χ0v) is 13.9. The third-order valence-electron chi connectivity index (χ3n) is 3.75. The fourth-order valence-corrected chi connectivity index (χ4v) is 3.28. The molecule has 25 heavy (non-hydrogen) atoms. The van der Waals surface area contributed by atoms with Crippen molar-refractivity contribution in [3.63, 3.8) is 0 Å². The second kappa shape index (κ2) is 6.15. The Hall–Kier alpha value is -2.97. The Labute approximate surface area is 143 Å². The number of benzene rings is 3. The molecule has 0 saturated carbocycles. The van der Waals surface area contributed by atoms with E-state index in [-0.39, 0.29) is 16.8 Å². The summed E-state index contributed by atoms with van der Waals surface area (Å²) in [5.74, 6) is -0.548. The lowest BCUT2D eigenvalue weighted by atomic mass is 10.1. The zero-order valence-electron chi connectivity index (χ0n) is 13.1. The number of aromatic hydroxyl groups is 2. The van der Waals surface area contributed by atoms with E-state index in [0.29, 0.717) is 16.6 Å². The maximum absolute atomic E-state index is 11.6. The van der Waals surface area contributed by atoms with Crippen molar-refractivity contribution in [1.82, 2.24) is 0 Å². The van der Waals surface area contributed by atoms with Crippen molar-refractivity contribution >= 4 is 32.3 Å². The van der Waals surface area contributed by atoms with E-state index in [1.165, 1.54) is 12.1 Å². The molecule has 0 atom stereocenters. The van der Waals surface area contributed by atoms with E-state index >= 15 is 0 Å². The molecule has 7 nitrogen and oxygen atoms in total. The van der Waals surface area contributed by atoms with Crippen LogP contribution in [0.5, 0.6) is 11.5 Å². The number of azo groups is 1. The van der Waals surface area contributed by atoms with E-state index in [4.69, 9.17) is 0 Å². The summed E-state index contributed by atoms with van der Waals surface area (Å²) in [5.41, 5.74) is 1.19. The average Bonchev–Trinajstić information content (AvgIpc) is 2.54. The first-order valence-corrected chi connectivity index (χ1v) is 8.65. The van der Waals surface area contributed by atoms with Gasteiger partial charge < -0.3 is 10.2 Å². The third kappa shape index (κ3) is 3.17. The summed E-state index contributed by atoms with van der Waals surface area (Å²) in [7, 11) is -4.61. The molecule has 3 aromatic carbocycles. The summed E-state index contributed by atoms with van der Waals surface area (Å²) in [6, 6.07) is 12.2. The van der Waals surface area contributed by atoms with Crippen molar-refractivity contribution in [1.29, 1.82) is 0 Å². The summed E-state index contributed by atoms with van der Waals surface area (Å²) < 4.78 is 32.5. The van der Waals surface area contributed by atoms with Crippen LogP contribution < -0.4 is 0 Å². The maximum atomic E-state index is 11.6. The Bertz CT molecular complexity index is 1110. The fraction of sp³-hybridized carbons (Fsp3) is 0.0588. The van der Waals surface area contributed by atoms with Gasteiger partial charge in [-0.3, -0.25) is 4.55 Å². The summed E-state index contributed by atoms with van der Waals surface area (Å²) in [6.07, 6.45) is 0. The molecule has 128 valence electrons. The third-order valence-corrected chi connectivity index (χ3v) is 4.70. The van der Waals surface area contributed by atoms with Gasteiger partial charge in [0.15, 0.2) is 0 Å². The second-order valence-corrected chi connectivity index (χ2v) is 6.74. The second-order valence-electron chi connectivity index (χ2n) is 5.39. The molecule has 0 aliphatic carbocycles. The molecular weight excluding hydrogens is 344 g/mol. The molecule has 3 aromatic rings. The minimum Gasteiger partial charge on any atom is -0.508 e. The van der Waals surface area contributed by atoms with E-state index in [1.807, 2.05) is 0 Å². The van der Waals surface area contributed by atoms with Crippen LogP contribution in [0.4, 0.5) is 11.4 Å². The molecule has 0 aliphatic heterocycles. The number of hydrogen-bond acceptors (Lipinski definition) is 6. The first kappa shape index (κ1) is 16.9. The predicted molar refractivity (Wildman–Crippen MR) is 92.4 cm³/mol. The normalized spacial score (nSPS) is 12.1. The molecule has 0 fully saturated rings. The van der Waals surface area contributed by atoms with Crippen molar-refractivity contribution in [3.05, 3.63) is 54.1 Å². The topological polar surface area (TPSA) is 120 Å². The predicted octanol–water partition coefficient (Wildman–Crippen LogP) is 4.22. The lowest BCUT2D eigenvalue weighted by Gasteiger charge is -2.08. The van der Waals surface area contributed by atoms with Gasteiger partial charge in [-0.15, -0.1) is 5.11 Å². The molecule has 3 rings (SSSR count). The number of hydrogen-bond donors (Lipinski definition) is 3. The maximum Gasteiger partial charge on any atom is 0.298 e. The molecule has 0 spiro atoms. The van der Waals surface area contributed by atoms with E-state index in [9.17, 15) is 23.2 Å². The zero-order chi connectivity index (χ0) is 18.2. The first-order chi connectivity index (χ1) is 11.8. The monoisotopic (exact) mass is 358 g/mol. The van der Waals surface area contributed by atoms with Crippen LogP contribution in [-0.2, 0) is 10.1 Å². The molecule has 0 aromatic heterocycles. The number of fused-ring (bicyclic) bond motifs is 1. The average molecular weight is 358 g/mol. The highest BCUT2D eigenvalue weighted by Crippen LogP contribution is 2.39. The lowest BCUT2D eigenvalue weighted by molar-refractivity contribution is 0.445. The van der Waals surface area contributed by atoms with Crippen LogP contribution in [0.2, 0.25) is 0 Å². The Kier molecular flexibility index (Phi) is 4.15. The van der Waals surface area contributed by atoms with Gasteiger partial charge in [-0.05, 0) is 19.1 Å². The molecule has 0 saturated heterocycles. The summed E-state index contributed by atoms with van der Waals surface area (Å²) in [4.78, 5) is -0.574. The van der Waals surface area contributed by atoms with Crippen molar-refractivity contribution in [2.24, 2.45) is 10.2 Å². The van der Waals surface area contributed by atoms with Crippen LogP contribution in [0, 0.1) is 6.92 Å². The van der Waals surface area contributed by atoms with Gasteiger partial charge in [0.05, 0.1) is 11.4 Å². The molecule has 0 unspecified atom stereocenters. The number of rotatable bonds is 3. The summed E-state index contributed by atoms with van der Waals surface area (Å²) in [6.45, 7) is 1.68. The molecular formula is C17H14N2O5S. The van der Waals surface area contributed by atoms with Crippen molar-refractivity contribution in [2.45, 2.75) is 11.8 Å². The minimum atomic E-state index is -4.61. The van der Waals surface area contributed by atoms with Gasteiger partial charge >= 0.3 is 0 Å². The van der Waals surface area contributed by atoms with Crippen LogP contribution in [0.3, 0.4) is 0 Å². The first-order valence-electron chi connectivity index (χ1n) is 7.21. The Morgan fingerprint density at radius 2 is 1.48 bits per heavy atom. The number of phenols is 2. The molecule has 0 amide bonds. The van der Waals surface area contributed by atoms with Gasteiger partial charge in [0.1, 0.15) is 16.4 Å². The molecule has 3 N–H and O–H groups in total. The fourth-order valence-electron chi connectivity index (χ4n) is 2.50. The molecule has 0 heterocycles. The SMILES string of the molecule is Cc1c(O)cccc1N=Nc1cc(O)c(S(=O)(=O)O)c2ccccc12. The van der Waals surface area contributed by atoms with E-state index in [0.717, 1.165) is 6.07 Å². The van der Waals surface area contributed by atoms with Crippen molar-refractivity contribution < 1.29 is 23.2 Å². The molecule has 0 radical (unpaired) electrons. The van der Waals surface area contributed by atoms with E-state index in [2.05, 4.69) is 10.2 Å². The smallest absolute Gasteiger partial charge is 0.298 e. The summed E-state index contributed by atoms with van der Waals surface area (Å²) >= 11 is 0. The highest BCUT2D eigenvalue weighted by molar-refractivity contribution is 7.86. The van der Waals surface area contributed by atoms with Gasteiger partial charge in [-0.25, -0.2) is 0 Å². The Balaban J connectivity index is 2.22. The van der Waals surface area contributed by atoms with Crippen LogP contribution >= 0.6 is 0 Å². The van der Waals surface area contributed by atoms with Gasteiger partial charge in [0, 0.05) is 22.4 Å². The number of nitrogens with zero attached hydrogens (tertiary/aromatic N) is 2. The Morgan fingerprint density at radius 1 is 0.840 bits per heavy atom. The molecule has 0 bridgehead atoms. The summed E-state index contributed by atoms with van der Waals surface area (Å²) in [5, 5.41) is 28.4. The van der Waals surface area contributed by atoms with E-state index < -0.39 is 20.8 Å². The van der Waals surface area contributed by atoms with Gasteiger partial charge in [-0.2, -0.15) is 13.5 Å². The van der Waals surface area contributed by atoms with Crippen LogP contribution in [0.25, 0.3) is 10.8 Å². The molecule has 8 heteroatoms. The lowest BCUT2D eigenvalue weighted by Crippen LogP contribution is -1.99.